The Balaban J connectivity index is 1.05. The van der Waals surface area contributed by atoms with Gasteiger partial charge in [0.25, 0.3) is 0 Å². The Morgan fingerprint density at radius 1 is 0.983 bits per heavy atom. The summed E-state index contributed by atoms with van der Waals surface area (Å²) in [6.07, 6.45) is 4.37. The molecular weight excluding hydrogens is 798 g/mol. The second kappa shape index (κ2) is 18.1. The highest BCUT2D eigenvalue weighted by atomic mass is 32.2. The minimum Gasteiger partial charge on any atom is -0.453 e. The molecule has 7 rings (SSSR count). The highest BCUT2D eigenvalue weighted by molar-refractivity contribution is 7.92. The van der Waals surface area contributed by atoms with Crippen molar-refractivity contribution in [2.45, 2.75) is 91.9 Å². The Morgan fingerprint density at radius 3 is 2.40 bits per heavy atom. The van der Waals surface area contributed by atoms with Gasteiger partial charge in [-0.25, -0.2) is 26.4 Å². The van der Waals surface area contributed by atoms with Gasteiger partial charge in [0.1, 0.15) is 12.0 Å². The van der Waals surface area contributed by atoms with Gasteiger partial charge in [-0.05, 0) is 111 Å². The number of sulfone groups is 1. The van der Waals surface area contributed by atoms with Crippen LogP contribution in [0.4, 0.5) is 23.7 Å². The van der Waals surface area contributed by atoms with E-state index in [2.05, 4.69) is 22.1 Å². The fourth-order valence-electron chi connectivity index (χ4n) is 10.8. The van der Waals surface area contributed by atoms with Gasteiger partial charge in [-0.1, -0.05) is 25.1 Å². The van der Waals surface area contributed by atoms with Crippen molar-refractivity contribution in [3.8, 4) is 0 Å². The third kappa shape index (κ3) is 9.20. The molecule has 1 saturated carbocycles. The lowest BCUT2D eigenvalue weighted by atomic mass is 9.58. The number of carbonyl (C=O) groups excluding carboxylic acids is 3. The lowest BCUT2D eigenvalue weighted by Crippen LogP contribution is -2.65. The summed E-state index contributed by atoms with van der Waals surface area (Å²) in [7, 11) is -2.53. The molecular formula is C44H59F3N6O6S. The van der Waals surface area contributed by atoms with E-state index in [1.54, 1.807) is 30.3 Å². The first kappa shape index (κ1) is 43.9. The van der Waals surface area contributed by atoms with Crippen LogP contribution in [-0.2, 0) is 36.1 Å². The summed E-state index contributed by atoms with van der Waals surface area (Å²) in [4.78, 5) is 44.8. The molecule has 4 saturated heterocycles. The molecule has 1 aliphatic carbocycles. The van der Waals surface area contributed by atoms with Crippen molar-refractivity contribution in [1.29, 1.82) is 0 Å². The van der Waals surface area contributed by atoms with Gasteiger partial charge in [0, 0.05) is 69.9 Å². The van der Waals surface area contributed by atoms with Crippen LogP contribution < -0.4 is 15.5 Å². The van der Waals surface area contributed by atoms with Gasteiger partial charge in [-0.2, -0.15) is 0 Å². The molecule has 4 atom stereocenters. The van der Waals surface area contributed by atoms with Crippen LogP contribution in [0.3, 0.4) is 0 Å². The van der Waals surface area contributed by atoms with Crippen molar-refractivity contribution in [2.75, 3.05) is 77.5 Å². The number of ether oxygens (including phenoxy) is 1. The van der Waals surface area contributed by atoms with Gasteiger partial charge < -0.3 is 25.2 Å². The van der Waals surface area contributed by atoms with E-state index in [0.29, 0.717) is 56.6 Å². The molecule has 0 bridgehead atoms. The standard InChI is InChI=1S/C44H59F3N6O6S/c1-4-41(55)52-17-7-10-37(25-52)60(57,58)40-14-13-36(20-31(40)22-51-23-35(46)24-51)53-28-43(47,29-53)27-50-18-15-32(16-19-50)44(26-48-30(2)54,33-8-5-9-34(45)21-33)38-11-6-12-39(38)49-42(56)59-3/h4-5,8-9,13-14,20-21,32,35,37-39H,1,6-7,10-12,15-19,22-29H2,2-3H3,(H,48,54)(H,49,56)/t37-,38-,39-,44-/m0/s1. The van der Waals surface area contributed by atoms with Crippen molar-refractivity contribution in [3.05, 3.63) is 72.1 Å². The Bertz CT molecular complexity index is 2020. The third-order valence-electron chi connectivity index (χ3n) is 13.8. The van der Waals surface area contributed by atoms with Gasteiger partial charge in [0.05, 0.1) is 30.3 Å². The number of methoxy groups -OCH3 is 1. The third-order valence-corrected chi connectivity index (χ3v) is 16.0. The van der Waals surface area contributed by atoms with Crippen molar-refractivity contribution >= 4 is 33.4 Å². The number of nitrogens with zero attached hydrogens (tertiary/aromatic N) is 4. The van der Waals surface area contributed by atoms with E-state index in [-0.39, 0.29) is 92.8 Å². The Kier molecular flexibility index (Phi) is 13.2. The Hall–Kier alpha value is -4.15. The molecule has 0 spiro atoms. The lowest BCUT2D eigenvalue weighted by molar-refractivity contribution is -0.126. The quantitative estimate of drug-likeness (QED) is 0.258. The zero-order valence-electron chi connectivity index (χ0n) is 34.7. The van der Waals surface area contributed by atoms with Crippen LogP contribution in [0, 0.1) is 17.7 Å². The maximum Gasteiger partial charge on any atom is 0.407 e. The van der Waals surface area contributed by atoms with Gasteiger partial charge in [0.15, 0.2) is 15.5 Å². The fraction of sp³-hybridized carbons (Fsp3) is 0.614. The molecule has 2 aromatic carbocycles. The van der Waals surface area contributed by atoms with Crippen LogP contribution in [-0.4, -0.2) is 137 Å². The second-order valence-corrected chi connectivity index (χ2v) is 19.9. The van der Waals surface area contributed by atoms with Gasteiger partial charge >= 0.3 is 6.09 Å². The summed E-state index contributed by atoms with van der Waals surface area (Å²) < 4.78 is 78.6. The predicted octanol–water partition coefficient (Wildman–Crippen LogP) is 4.77. The number of alkyl carbamates (subject to hydrolysis) is 1. The van der Waals surface area contributed by atoms with E-state index in [1.807, 2.05) is 15.9 Å². The van der Waals surface area contributed by atoms with Crippen LogP contribution in [0.5, 0.6) is 0 Å². The van der Waals surface area contributed by atoms with E-state index in [1.165, 1.54) is 31.1 Å². The van der Waals surface area contributed by atoms with Crippen molar-refractivity contribution in [1.82, 2.24) is 25.3 Å². The van der Waals surface area contributed by atoms with Crippen LogP contribution in [0.25, 0.3) is 0 Å². The number of hydrogen-bond acceptors (Lipinski definition) is 9. The molecule has 3 amide bonds. The van der Waals surface area contributed by atoms with E-state index in [0.717, 1.165) is 24.8 Å². The van der Waals surface area contributed by atoms with Crippen LogP contribution in [0.1, 0.15) is 63.0 Å². The molecule has 328 valence electrons. The number of alkyl halides is 2. The highest BCUT2D eigenvalue weighted by Gasteiger charge is 2.53. The van der Waals surface area contributed by atoms with Crippen LogP contribution in [0.2, 0.25) is 0 Å². The average Bonchev–Trinajstić information content (AvgIpc) is 3.67. The van der Waals surface area contributed by atoms with Crippen molar-refractivity contribution in [2.24, 2.45) is 11.8 Å². The zero-order chi connectivity index (χ0) is 42.8. The molecule has 0 aromatic heterocycles. The molecule has 4 heterocycles. The first-order valence-electron chi connectivity index (χ1n) is 21.3. The van der Waals surface area contributed by atoms with Crippen molar-refractivity contribution in [3.63, 3.8) is 0 Å². The first-order chi connectivity index (χ1) is 28.6. The maximum atomic E-state index is 16.6. The molecule has 12 nitrogen and oxygen atoms in total. The summed E-state index contributed by atoms with van der Waals surface area (Å²) in [5.41, 5.74) is -0.213. The molecule has 5 fully saturated rings. The predicted molar refractivity (Wildman–Crippen MR) is 222 cm³/mol. The molecule has 16 heteroatoms. The summed E-state index contributed by atoms with van der Waals surface area (Å²) in [5, 5.41) is 5.30. The second-order valence-electron chi connectivity index (χ2n) is 17.7. The maximum absolute atomic E-state index is 16.6. The van der Waals surface area contributed by atoms with Crippen LogP contribution >= 0.6 is 0 Å². The monoisotopic (exact) mass is 856 g/mol. The molecule has 60 heavy (non-hydrogen) atoms. The number of nitrogens with one attached hydrogen (secondary N) is 2. The summed E-state index contributed by atoms with van der Waals surface area (Å²) in [6, 6.07) is 11.4. The minimum absolute atomic E-state index is 0.00708. The molecule has 5 aliphatic rings. The minimum atomic E-state index is -3.85. The first-order valence-corrected chi connectivity index (χ1v) is 22.8. The zero-order valence-corrected chi connectivity index (χ0v) is 35.5. The largest absolute Gasteiger partial charge is 0.453 e. The van der Waals surface area contributed by atoms with E-state index < -0.39 is 38.4 Å². The van der Waals surface area contributed by atoms with Gasteiger partial charge in [-0.3, -0.25) is 19.4 Å². The number of benzene rings is 2. The number of halogens is 3. The summed E-state index contributed by atoms with van der Waals surface area (Å²) >= 11 is 0. The number of anilines is 1. The van der Waals surface area contributed by atoms with E-state index in [4.69, 9.17) is 4.74 Å². The fourth-order valence-corrected chi connectivity index (χ4v) is 12.8. The van der Waals surface area contributed by atoms with Crippen LogP contribution in [0.15, 0.2) is 60.0 Å². The molecule has 0 radical (unpaired) electrons. The number of amides is 3. The summed E-state index contributed by atoms with van der Waals surface area (Å²) in [5.74, 6) is -1.00. The Labute approximate surface area is 351 Å². The SMILES string of the molecule is C=CC(=O)N1CCC[C@H](S(=O)(=O)c2ccc(N3CC(F)(CN4CCC([C@@](CNC(C)=O)(c5cccc(F)c5)[C@H]5CCC[C@@H]5NC(=O)OC)CC4)C3)cc2CN2CC(F)C2)C1. The van der Waals surface area contributed by atoms with E-state index >= 15 is 4.39 Å². The smallest absolute Gasteiger partial charge is 0.407 e. The Morgan fingerprint density at radius 2 is 1.73 bits per heavy atom. The van der Waals surface area contributed by atoms with Gasteiger partial charge in [0.2, 0.25) is 11.8 Å². The van der Waals surface area contributed by atoms with Crippen molar-refractivity contribution < 1.29 is 40.7 Å². The number of rotatable bonds is 14. The molecule has 0 unspecified atom stereocenters. The molecule has 2 aromatic rings. The number of likely N-dealkylation sites (tertiary alicyclic amines) is 3. The van der Waals surface area contributed by atoms with E-state index in [9.17, 15) is 31.6 Å². The summed E-state index contributed by atoms with van der Waals surface area (Å²) in [6.45, 7) is 8.12. The highest BCUT2D eigenvalue weighted by Crippen LogP contribution is 2.51. The average molecular weight is 857 g/mol. The lowest BCUT2D eigenvalue weighted by Gasteiger charge is -2.52. The number of carbonyl (C=O) groups is 3. The van der Waals surface area contributed by atoms with Gasteiger partial charge in [-0.15, -0.1) is 0 Å². The molecule has 2 N–H and O–H groups in total. The number of hydrogen-bond donors (Lipinski definition) is 2. The topological polar surface area (TPSA) is 132 Å². The molecule has 4 aliphatic heterocycles. The number of piperidine rings is 2. The normalized spacial score (nSPS) is 25.1.